The second kappa shape index (κ2) is 5.77. The number of aromatic hydroxyl groups is 1. The average Bonchev–Trinajstić information content (AvgIpc) is 2.82. The molecule has 112 valence electrons. The lowest BCUT2D eigenvalue weighted by atomic mass is 9.95. The first-order chi connectivity index (χ1) is 9.77. The van der Waals surface area contributed by atoms with Crippen LogP contribution >= 0.6 is 11.3 Å². The molecule has 2 rings (SSSR count). The van der Waals surface area contributed by atoms with Gasteiger partial charge in [0.15, 0.2) is 4.88 Å². The molecule has 0 amide bonds. The van der Waals surface area contributed by atoms with Crippen LogP contribution < -0.4 is 4.74 Å². The Labute approximate surface area is 127 Å². The highest BCUT2D eigenvalue weighted by Crippen LogP contribution is 2.37. The van der Waals surface area contributed by atoms with E-state index in [9.17, 15) is 15.0 Å². The Morgan fingerprint density at radius 1 is 1.24 bits per heavy atom. The molecule has 0 radical (unpaired) electrons. The van der Waals surface area contributed by atoms with E-state index in [4.69, 9.17) is 4.74 Å². The summed E-state index contributed by atoms with van der Waals surface area (Å²) < 4.78 is 5.65. The first-order valence-electron chi connectivity index (χ1n) is 6.55. The summed E-state index contributed by atoms with van der Waals surface area (Å²) in [7, 11) is 0. The molecule has 21 heavy (non-hydrogen) atoms. The van der Waals surface area contributed by atoms with Crippen molar-refractivity contribution in [1.29, 1.82) is 0 Å². The van der Waals surface area contributed by atoms with Crippen molar-refractivity contribution in [2.45, 2.75) is 32.8 Å². The first kappa shape index (κ1) is 15.4. The van der Waals surface area contributed by atoms with Gasteiger partial charge in [0.2, 0.25) is 0 Å². The van der Waals surface area contributed by atoms with Gasteiger partial charge in [-0.25, -0.2) is 4.79 Å². The maximum absolute atomic E-state index is 11.3. The lowest BCUT2D eigenvalue weighted by Crippen LogP contribution is -2.08. The van der Waals surface area contributed by atoms with Crippen LogP contribution in [0.1, 0.15) is 40.9 Å². The van der Waals surface area contributed by atoms with Crippen LogP contribution in [-0.2, 0) is 12.0 Å². The van der Waals surface area contributed by atoms with Crippen LogP contribution in [-0.4, -0.2) is 16.2 Å². The molecule has 1 heterocycles. The zero-order chi connectivity index (χ0) is 15.6. The summed E-state index contributed by atoms with van der Waals surface area (Å²) in [5, 5.41) is 18.5. The summed E-state index contributed by atoms with van der Waals surface area (Å²) in [6, 6.07) is 8.43. The molecule has 0 aliphatic rings. The molecule has 2 N–H and O–H groups in total. The van der Waals surface area contributed by atoms with Crippen molar-refractivity contribution < 1.29 is 19.7 Å². The molecule has 0 atom stereocenters. The standard InChI is InChI=1S/C16H18O4S/c1-16(2,3)13-8-12(14(21-13)15(18)19)20-9-10-4-6-11(17)7-5-10/h4-8,17H,9H2,1-3H3,(H,18,19). The number of ether oxygens (including phenoxy) is 1. The highest BCUT2D eigenvalue weighted by Gasteiger charge is 2.23. The largest absolute Gasteiger partial charge is 0.508 e. The van der Waals surface area contributed by atoms with Crippen molar-refractivity contribution in [3.63, 3.8) is 0 Å². The van der Waals surface area contributed by atoms with Crippen LogP contribution in [0.25, 0.3) is 0 Å². The molecule has 0 fully saturated rings. The molecule has 0 unspecified atom stereocenters. The smallest absolute Gasteiger partial charge is 0.349 e. The Morgan fingerprint density at radius 3 is 2.38 bits per heavy atom. The van der Waals surface area contributed by atoms with Crippen molar-refractivity contribution >= 4 is 17.3 Å². The fourth-order valence-electron chi connectivity index (χ4n) is 1.75. The molecule has 1 aromatic heterocycles. The maximum atomic E-state index is 11.3. The van der Waals surface area contributed by atoms with E-state index in [1.807, 2.05) is 20.8 Å². The first-order valence-corrected chi connectivity index (χ1v) is 7.37. The fourth-order valence-corrected chi connectivity index (χ4v) is 2.75. The number of rotatable bonds is 4. The van der Waals surface area contributed by atoms with Crippen molar-refractivity contribution in [1.82, 2.24) is 0 Å². The van der Waals surface area contributed by atoms with Gasteiger partial charge in [-0.3, -0.25) is 0 Å². The molecule has 2 aromatic rings. The monoisotopic (exact) mass is 306 g/mol. The van der Waals surface area contributed by atoms with E-state index in [0.717, 1.165) is 10.4 Å². The van der Waals surface area contributed by atoms with Gasteiger partial charge in [-0.1, -0.05) is 32.9 Å². The van der Waals surface area contributed by atoms with Gasteiger partial charge in [0, 0.05) is 4.88 Å². The predicted molar refractivity (Wildman–Crippen MR) is 82.4 cm³/mol. The Morgan fingerprint density at radius 2 is 1.86 bits per heavy atom. The number of thiophene rings is 1. The summed E-state index contributed by atoms with van der Waals surface area (Å²) in [4.78, 5) is 12.5. The van der Waals surface area contributed by atoms with E-state index in [-0.39, 0.29) is 22.6 Å². The topological polar surface area (TPSA) is 66.8 Å². The summed E-state index contributed by atoms with van der Waals surface area (Å²) >= 11 is 1.25. The third-order valence-electron chi connectivity index (χ3n) is 2.96. The third-order valence-corrected chi connectivity index (χ3v) is 4.49. The number of carboxylic acid groups (broad SMARTS) is 1. The van der Waals surface area contributed by atoms with Crippen LogP contribution in [0.2, 0.25) is 0 Å². The molecule has 0 spiro atoms. The highest BCUT2D eigenvalue weighted by molar-refractivity contribution is 7.14. The number of hydrogen-bond donors (Lipinski definition) is 2. The number of phenolic OH excluding ortho intramolecular Hbond substituents is 1. The van der Waals surface area contributed by atoms with Crippen LogP contribution in [0, 0.1) is 0 Å². The molecule has 5 heteroatoms. The molecular weight excluding hydrogens is 288 g/mol. The highest BCUT2D eigenvalue weighted by atomic mass is 32.1. The predicted octanol–water partition coefficient (Wildman–Crippen LogP) is 4.03. The number of carbonyl (C=O) groups is 1. The molecular formula is C16H18O4S. The zero-order valence-electron chi connectivity index (χ0n) is 12.2. The molecule has 0 saturated heterocycles. The fraction of sp³-hybridized carbons (Fsp3) is 0.312. The van der Waals surface area contributed by atoms with Gasteiger partial charge in [-0.2, -0.15) is 0 Å². The van der Waals surface area contributed by atoms with E-state index in [1.165, 1.54) is 11.3 Å². The quantitative estimate of drug-likeness (QED) is 0.895. The number of phenols is 1. The normalized spacial score (nSPS) is 11.4. The number of hydrogen-bond acceptors (Lipinski definition) is 4. The maximum Gasteiger partial charge on any atom is 0.349 e. The molecule has 0 aliphatic carbocycles. The van der Waals surface area contributed by atoms with Crippen LogP contribution in [0.3, 0.4) is 0 Å². The molecule has 1 aromatic carbocycles. The minimum atomic E-state index is -0.976. The summed E-state index contributed by atoms with van der Waals surface area (Å²) in [6.45, 7) is 6.37. The van der Waals surface area contributed by atoms with E-state index in [0.29, 0.717) is 5.75 Å². The van der Waals surface area contributed by atoms with Crippen molar-refractivity contribution in [3.05, 3.63) is 45.6 Å². The Hall–Kier alpha value is -2.01. The molecule has 0 saturated carbocycles. The SMILES string of the molecule is CC(C)(C)c1cc(OCc2ccc(O)cc2)c(C(=O)O)s1. The lowest BCUT2D eigenvalue weighted by molar-refractivity contribution is 0.0697. The Balaban J connectivity index is 2.20. The van der Waals surface area contributed by atoms with Gasteiger partial charge in [-0.15, -0.1) is 11.3 Å². The van der Waals surface area contributed by atoms with Crippen LogP contribution in [0.5, 0.6) is 11.5 Å². The van der Waals surface area contributed by atoms with E-state index >= 15 is 0 Å². The summed E-state index contributed by atoms with van der Waals surface area (Å²) in [5.74, 6) is -0.391. The minimum absolute atomic E-state index is 0.116. The van der Waals surface area contributed by atoms with Gasteiger partial charge < -0.3 is 14.9 Å². The van der Waals surface area contributed by atoms with Crippen molar-refractivity contribution in [2.75, 3.05) is 0 Å². The number of carboxylic acids is 1. The molecule has 0 bridgehead atoms. The minimum Gasteiger partial charge on any atom is -0.508 e. The average molecular weight is 306 g/mol. The van der Waals surface area contributed by atoms with Crippen LogP contribution in [0.4, 0.5) is 0 Å². The van der Waals surface area contributed by atoms with Crippen molar-refractivity contribution in [2.24, 2.45) is 0 Å². The number of aromatic carboxylic acids is 1. The van der Waals surface area contributed by atoms with E-state index in [1.54, 1.807) is 30.3 Å². The Kier molecular flexibility index (Phi) is 4.23. The van der Waals surface area contributed by atoms with E-state index in [2.05, 4.69) is 0 Å². The van der Waals surface area contributed by atoms with Gasteiger partial charge in [0.25, 0.3) is 0 Å². The second-order valence-corrected chi connectivity index (χ2v) is 6.87. The third kappa shape index (κ3) is 3.76. The number of benzene rings is 1. The van der Waals surface area contributed by atoms with Gasteiger partial charge >= 0.3 is 5.97 Å². The Bertz CT molecular complexity index is 635. The molecule has 4 nitrogen and oxygen atoms in total. The van der Waals surface area contributed by atoms with Crippen molar-refractivity contribution in [3.8, 4) is 11.5 Å². The van der Waals surface area contributed by atoms with Gasteiger partial charge in [0.05, 0.1) is 0 Å². The van der Waals surface area contributed by atoms with Gasteiger partial charge in [-0.05, 0) is 29.2 Å². The summed E-state index contributed by atoms with van der Waals surface area (Å²) in [5.41, 5.74) is 0.752. The van der Waals surface area contributed by atoms with Gasteiger partial charge in [0.1, 0.15) is 18.1 Å². The second-order valence-electron chi connectivity index (χ2n) is 5.81. The lowest BCUT2D eigenvalue weighted by Gasteiger charge is -2.15. The zero-order valence-corrected chi connectivity index (χ0v) is 13.0. The summed E-state index contributed by atoms with van der Waals surface area (Å²) in [6.07, 6.45) is 0. The van der Waals surface area contributed by atoms with Crippen LogP contribution in [0.15, 0.2) is 30.3 Å². The van der Waals surface area contributed by atoms with E-state index < -0.39 is 5.97 Å². The molecule has 0 aliphatic heterocycles.